The van der Waals surface area contributed by atoms with Gasteiger partial charge >= 0.3 is 0 Å². The van der Waals surface area contributed by atoms with Gasteiger partial charge in [0.2, 0.25) is 5.91 Å². The molecule has 5 heteroatoms. The Labute approximate surface area is 134 Å². The van der Waals surface area contributed by atoms with E-state index < -0.39 is 0 Å². The lowest BCUT2D eigenvalue weighted by atomic mass is 9.83. The van der Waals surface area contributed by atoms with E-state index in [0.717, 1.165) is 17.1 Å². The number of carbonyl (C=O) groups is 1. The summed E-state index contributed by atoms with van der Waals surface area (Å²) in [5.74, 6) is 2.22. The van der Waals surface area contributed by atoms with Gasteiger partial charge in [-0.05, 0) is 48.4 Å². The number of benzene rings is 1. The van der Waals surface area contributed by atoms with Gasteiger partial charge in [0.1, 0.15) is 12.3 Å². The van der Waals surface area contributed by atoms with Crippen LogP contribution in [0.15, 0.2) is 41.3 Å². The first-order valence-corrected chi connectivity index (χ1v) is 8.42. The van der Waals surface area contributed by atoms with Gasteiger partial charge in [-0.15, -0.1) is 11.8 Å². The molecule has 22 heavy (non-hydrogen) atoms. The fraction of sp³-hybridized carbons (Fsp3) is 0.412. The van der Waals surface area contributed by atoms with Gasteiger partial charge in [-0.25, -0.2) is 0 Å². The summed E-state index contributed by atoms with van der Waals surface area (Å²) in [6, 6.07) is 9.12. The van der Waals surface area contributed by atoms with Gasteiger partial charge in [-0.1, -0.05) is 12.2 Å². The van der Waals surface area contributed by atoms with Crippen LogP contribution in [0.2, 0.25) is 0 Å². The van der Waals surface area contributed by atoms with Crippen LogP contribution in [0.1, 0.15) is 6.42 Å². The van der Waals surface area contributed by atoms with E-state index in [1.165, 1.54) is 0 Å². The summed E-state index contributed by atoms with van der Waals surface area (Å²) in [5, 5.41) is 20.7. The van der Waals surface area contributed by atoms with Crippen LogP contribution in [-0.4, -0.2) is 23.3 Å². The molecule has 0 aliphatic heterocycles. The number of phenolic OH excluding ortho intramolecular Hbond substituents is 1. The third-order valence-corrected chi connectivity index (χ3v) is 5.70. The molecule has 114 valence electrons. The van der Waals surface area contributed by atoms with Crippen molar-refractivity contribution in [3.63, 3.8) is 0 Å². The molecule has 3 rings (SSSR count). The number of nitrogens with one attached hydrogen (secondary N) is 1. The molecule has 4 atom stereocenters. The molecule has 2 N–H and O–H groups in total. The molecule has 1 fully saturated rings. The Morgan fingerprint density at radius 1 is 1.32 bits per heavy atom. The summed E-state index contributed by atoms with van der Waals surface area (Å²) >= 11 is 1.72. The van der Waals surface area contributed by atoms with E-state index in [9.17, 15) is 9.90 Å². The molecule has 0 radical (unpaired) electrons. The number of allylic oxidation sites excluding steroid dienone is 2. The lowest BCUT2D eigenvalue weighted by molar-refractivity contribution is -0.126. The minimum absolute atomic E-state index is 0.00899. The van der Waals surface area contributed by atoms with Crippen molar-refractivity contribution in [3.05, 3.63) is 36.4 Å². The second-order valence-corrected chi connectivity index (χ2v) is 6.91. The normalized spacial score (nSPS) is 28.5. The van der Waals surface area contributed by atoms with Crippen molar-refractivity contribution in [1.29, 1.82) is 5.26 Å². The number of hydrogen-bond acceptors (Lipinski definition) is 4. The minimum atomic E-state index is -0.0204. The van der Waals surface area contributed by atoms with Crippen molar-refractivity contribution < 1.29 is 9.90 Å². The van der Waals surface area contributed by atoms with Crippen LogP contribution in [0.4, 0.5) is 0 Å². The fourth-order valence-electron chi connectivity index (χ4n) is 3.52. The minimum Gasteiger partial charge on any atom is -0.508 e. The van der Waals surface area contributed by atoms with E-state index in [0.29, 0.717) is 17.8 Å². The first-order chi connectivity index (χ1) is 10.7. The average molecular weight is 314 g/mol. The molecule has 0 saturated heterocycles. The number of nitrogens with zero attached hydrogens (tertiary/aromatic N) is 1. The van der Waals surface area contributed by atoms with Crippen LogP contribution in [0.25, 0.3) is 0 Å². The van der Waals surface area contributed by atoms with Crippen LogP contribution >= 0.6 is 11.8 Å². The van der Waals surface area contributed by atoms with Crippen molar-refractivity contribution in [2.75, 3.05) is 12.3 Å². The quantitative estimate of drug-likeness (QED) is 0.498. The smallest absolute Gasteiger partial charge is 0.224 e. The van der Waals surface area contributed by atoms with Crippen LogP contribution < -0.4 is 5.32 Å². The summed E-state index contributed by atoms with van der Waals surface area (Å²) in [6.45, 7) is 0.0776. The lowest BCUT2D eigenvalue weighted by Gasteiger charge is -2.26. The van der Waals surface area contributed by atoms with Gasteiger partial charge in [-0.2, -0.15) is 5.26 Å². The zero-order chi connectivity index (χ0) is 15.5. The average Bonchev–Trinajstić information content (AvgIpc) is 3.13. The topological polar surface area (TPSA) is 73.1 Å². The van der Waals surface area contributed by atoms with Crippen LogP contribution in [0.5, 0.6) is 5.75 Å². The van der Waals surface area contributed by atoms with Crippen molar-refractivity contribution in [2.45, 2.75) is 11.3 Å². The fourth-order valence-corrected chi connectivity index (χ4v) is 4.69. The van der Waals surface area contributed by atoms with Gasteiger partial charge in [0.15, 0.2) is 0 Å². The van der Waals surface area contributed by atoms with Gasteiger partial charge < -0.3 is 10.4 Å². The summed E-state index contributed by atoms with van der Waals surface area (Å²) in [5.41, 5.74) is 0. The van der Waals surface area contributed by atoms with Gasteiger partial charge in [0.25, 0.3) is 0 Å². The highest BCUT2D eigenvalue weighted by atomic mass is 32.2. The number of carbonyl (C=O) groups excluding carboxylic acids is 1. The first kappa shape index (κ1) is 15.0. The zero-order valence-electron chi connectivity index (χ0n) is 12.1. The molecule has 2 unspecified atom stereocenters. The van der Waals surface area contributed by atoms with Crippen LogP contribution in [0, 0.1) is 35.0 Å². The molecule has 2 aliphatic carbocycles. The molecule has 4 nitrogen and oxygen atoms in total. The summed E-state index contributed by atoms with van der Waals surface area (Å²) in [7, 11) is 0. The molecular weight excluding hydrogens is 296 g/mol. The highest BCUT2D eigenvalue weighted by Crippen LogP contribution is 2.49. The SMILES string of the molecule is N#CCNC(=O)C1C2C=C[C@H](C2)[C@H]1CSc1ccc(O)cc1. The Balaban J connectivity index is 1.65. The van der Waals surface area contributed by atoms with Crippen molar-refractivity contribution in [2.24, 2.45) is 23.7 Å². The van der Waals surface area contributed by atoms with Gasteiger partial charge in [-0.3, -0.25) is 4.79 Å². The third kappa shape index (κ3) is 2.97. The molecule has 2 bridgehead atoms. The van der Waals surface area contributed by atoms with E-state index in [4.69, 9.17) is 5.26 Å². The number of hydrogen-bond donors (Lipinski definition) is 2. The van der Waals surface area contributed by atoms with Gasteiger partial charge in [0, 0.05) is 16.6 Å². The Kier molecular flexibility index (Phi) is 4.39. The maximum atomic E-state index is 12.3. The number of phenols is 1. The maximum Gasteiger partial charge on any atom is 0.224 e. The largest absolute Gasteiger partial charge is 0.508 e. The highest BCUT2D eigenvalue weighted by molar-refractivity contribution is 7.99. The van der Waals surface area contributed by atoms with Crippen molar-refractivity contribution in [3.8, 4) is 11.8 Å². The Morgan fingerprint density at radius 3 is 2.77 bits per heavy atom. The molecule has 1 amide bonds. The second-order valence-electron chi connectivity index (χ2n) is 5.82. The molecule has 1 aromatic rings. The number of amides is 1. The van der Waals surface area contributed by atoms with E-state index in [-0.39, 0.29) is 24.1 Å². The number of fused-ring (bicyclic) bond motifs is 2. The monoisotopic (exact) mass is 314 g/mol. The number of thioether (sulfide) groups is 1. The van der Waals surface area contributed by atoms with E-state index in [1.54, 1.807) is 23.9 Å². The van der Waals surface area contributed by atoms with Crippen molar-refractivity contribution >= 4 is 17.7 Å². The molecule has 1 aromatic carbocycles. The molecule has 0 heterocycles. The Morgan fingerprint density at radius 2 is 2.05 bits per heavy atom. The molecule has 0 spiro atoms. The summed E-state index contributed by atoms with van der Waals surface area (Å²) in [4.78, 5) is 13.4. The lowest BCUT2D eigenvalue weighted by Crippen LogP contribution is -2.38. The maximum absolute atomic E-state index is 12.3. The predicted molar refractivity (Wildman–Crippen MR) is 85.2 cm³/mol. The molecular formula is C17H18N2O2S. The predicted octanol–water partition coefficient (Wildman–Crippen LogP) is 2.56. The second kappa shape index (κ2) is 6.45. The Bertz CT molecular complexity index is 621. The Hall–Kier alpha value is -1.93. The van der Waals surface area contributed by atoms with Crippen LogP contribution in [-0.2, 0) is 4.79 Å². The van der Waals surface area contributed by atoms with Crippen LogP contribution in [0.3, 0.4) is 0 Å². The number of rotatable bonds is 5. The summed E-state index contributed by atoms with van der Waals surface area (Å²) < 4.78 is 0. The number of aromatic hydroxyl groups is 1. The van der Waals surface area contributed by atoms with Crippen molar-refractivity contribution in [1.82, 2.24) is 5.32 Å². The number of nitriles is 1. The first-order valence-electron chi connectivity index (χ1n) is 7.44. The molecule has 1 saturated carbocycles. The van der Waals surface area contributed by atoms with Gasteiger partial charge in [0.05, 0.1) is 6.07 Å². The summed E-state index contributed by atoms with van der Waals surface area (Å²) in [6.07, 6.45) is 5.44. The molecule has 2 aliphatic rings. The van der Waals surface area contributed by atoms with E-state index >= 15 is 0 Å². The highest BCUT2D eigenvalue weighted by Gasteiger charge is 2.47. The zero-order valence-corrected chi connectivity index (χ0v) is 12.9. The standard InChI is InChI=1S/C17H18N2O2S/c18-7-8-19-17(21)16-12-2-1-11(9-12)15(16)10-22-14-5-3-13(20)4-6-14/h1-6,11-12,15-16,20H,8-10H2,(H,19,21)/t11-,12?,15-,16?/m1/s1. The third-order valence-electron chi connectivity index (χ3n) is 4.55. The molecule has 0 aromatic heterocycles. The van der Waals surface area contributed by atoms with E-state index in [1.807, 2.05) is 18.2 Å². The van der Waals surface area contributed by atoms with E-state index in [2.05, 4.69) is 17.5 Å².